The van der Waals surface area contributed by atoms with E-state index in [4.69, 9.17) is 19.8 Å². The molecule has 0 amide bonds. The first-order valence-corrected chi connectivity index (χ1v) is 17.2. The van der Waals surface area contributed by atoms with E-state index < -0.39 is 0 Å². The molecule has 8 nitrogen and oxygen atoms in total. The third kappa shape index (κ3) is 10.1. The highest BCUT2D eigenvalue weighted by Gasteiger charge is 2.24. The summed E-state index contributed by atoms with van der Waals surface area (Å²) in [5.41, 5.74) is 15.9. The van der Waals surface area contributed by atoms with Gasteiger partial charge in [-0.15, -0.1) is 0 Å². The maximum Gasteiger partial charge on any atom is 0.281 e. The largest absolute Gasteiger partial charge is 0.487 e. The van der Waals surface area contributed by atoms with Gasteiger partial charge in [0.2, 0.25) is 0 Å². The molecule has 0 saturated heterocycles. The number of nitrogens with zero attached hydrogens (tertiary/aromatic N) is 2. The normalized spacial score (nSPS) is 12.4. The zero-order chi connectivity index (χ0) is 34.8. The molecular formula is C40H47N4O4Si. The SMILES string of the molecule is CN(O[Si])[C@@H](Cc1ccc(OCc2ccccc2)c2c1ccc(=O)n2CCc1ccc(NOCc2cccc(CN)c2)cc1)CC(C)(C)C. The van der Waals surface area contributed by atoms with E-state index in [1.54, 1.807) is 6.07 Å². The first-order valence-electron chi connectivity index (χ1n) is 16.8. The number of pyridine rings is 1. The summed E-state index contributed by atoms with van der Waals surface area (Å²) in [6.07, 6.45) is 2.32. The number of hydroxylamine groups is 2. The van der Waals surface area contributed by atoms with E-state index in [0.29, 0.717) is 38.5 Å². The van der Waals surface area contributed by atoms with Crippen LogP contribution in [0.3, 0.4) is 0 Å². The minimum atomic E-state index is -0.0635. The van der Waals surface area contributed by atoms with Crippen molar-refractivity contribution >= 4 is 27.1 Å². The summed E-state index contributed by atoms with van der Waals surface area (Å²) in [6, 6.07) is 34.1. The van der Waals surface area contributed by atoms with Crippen LogP contribution in [-0.4, -0.2) is 33.2 Å². The van der Waals surface area contributed by atoms with Crippen molar-refractivity contribution < 1.29 is 14.1 Å². The minimum Gasteiger partial charge on any atom is -0.487 e. The van der Waals surface area contributed by atoms with Crippen LogP contribution in [0.2, 0.25) is 0 Å². The molecule has 5 rings (SSSR count). The monoisotopic (exact) mass is 675 g/mol. The molecule has 4 aromatic carbocycles. The van der Waals surface area contributed by atoms with Crippen LogP contribution in [0.25, 0.3) is 10.9 Å². The van der Waals surface area contributed by atoms with Crippen LogP contribution in [0.1, 0.15) is 55.0 Å². The number of hydrogen-bond acceptors (Lipinski definition) is 7. The van der Waals surface area contributed by atoms with Gasteiger partial charge in [-0.05, 0) is 76.8 Å². The summed E-state index contributed by atoms with van der Waals surface area (Å²) in [4.78, 5) is 19.3. The van der Waals surface area contributed by atoms with Crippen molar-refractivity contribution in [3.63, 3.8) is 0 Å². The Kier molecular flexibility index (Phi) is 12.4. The summed E-state index contributed by atoms with van der Waals surface area (Å²) >= 11 is 0. The number of aromatic nitrogens is 1. The molecule has 0 aliphatic rings. The molecule has 0 unspecified atom stereocenters. The molecule has 255 valence electrons. The molecular weight excluding hydrogens is 629 g/mol. The lowest BCUT2D eigenvalue weighted by Gasteiger charge is -2.32. The molecule has 0 bridgehead atoms. The fourth-order valence-electron chi connectivity index (χ4n) is 6.09. The topological polar surface area (TPSA) is 91.0 Å². The van der Waals surface area contributed by atoms with Gasteiger partial charge >= 0.3 is 0 Å². The molecule has 9 heteroatoms. The van der Waals surface area contributed by atoms with Crippen LogP contribution in [0.4, 0.5) is 5.69 Å². The van der Waals surface area contributed by atoms with Gasteiger partial charge in [0.25, 0.3) is 16.0 Å². The Bertz CT molecular complexity index is 1860. The molecule has 1 atom stereocenters. The van der Waals surface area contributed by atoms with E-state index in [-0.39, 0.29) is 17.0 Å². The summed E-state index contributed by atoms with van der Waals surface area (Å²) in [5.74, 6) is 0.686. The number of rotatable bonds is 16. The number of ether oxygens (including phenoxy) is 1. The number of nitrogens with two attached hydrogens (primary N) is 1. The van der Waals surface area contributed by atoms with Gasteiger partial charge in [-0.1, -0.05) is 93.6 Å². The number of benzene rings is 4. The van der Waals surface area contributed by atoms with Crippen molar-refractivity contribution in [2.75, 3.05) is 12.5 Å². The van der Waals surface area contributed by atoms with Gasteiger partial charge in [0.15, 0.2) is 0 Å². The maximum absolute atomic E-state index is 13.5. The second kappa shape index (κ2) is 16.9. The average molecular weight is 676 g/mol. The molecule has 49 heavy (non-hydrogen) atoms. The van der Waals surface area contributed by atoms with Crippen molar-refractivity contribution in [2.45, 2.75) is 72.4 Å². The predicted octanol–water partition coefficient (Wildman–Crippen LogP) is 7.12. The van der Waals surface area contributed by atoms with Gasteiger partial charge in [-0.2, -0.15) is 0 Å². The lowest BCUT2D eigenvalue weighted by molar-refractivity contribution is -0.0748. The van der Waals surface area contributed by atoms with E-state index >= 15 is 0 Å². The van der Waals surface area contributed by atoms with Crippen molar-refractivity contribution in [1.82, 2.24) is 9.63 Å². The Morgan fingerprint density at radius 2 is 1.59 bits per heavy atom. The van der Waals surface area contributed by atoms with E-state index in [1.807, 2.05) is 95.5 Å². The second-order valence-electron chi connectivity index (χ2n) is 13.7. The van der Waals surface area contributed by atoms with Gasteiger partial charge in [0, 0.05) is 37.6 Å². The van der Waals surface area contributed by atoms with Gasteiger partial charge in [0.05, 0.1) is 17.8 Å². The standard InChI is InChI=1S/C40H47N4O4Si/c1-40(2,3)25-35(43(4)48-49)24-33-15-19-37(46-27-30-9-6-5-7-10-30)39-36(33)18-20-38(45)44(39)22-21-29-13-16-34(17-14-29)42-47-28-32-12-8-11-31(23-32)26-41/h5-20,23,35,42H,21-22,24-28,41H2,1-4H3/t35-/m0/s1. The average Bonchev–Trinajstić information content (AvgIpc) is 3.10. The highest BCUT2D eigenvalue weighted by molar-refractivity contribution is 5.97. The summed E-state index contributed by atoms with van der Waals surface area (Å²) < 4.78 is 13.8. The summed E-state index contributed by atoms with van der Waals surface area (Å²) in [7, 11) is 5.17. The lowest BCUT2D eigenvalue weighted by atomic mass is 9.85. The molecule has 0 fully saturated rings. The number of likely N-dealkylation sites (N-methyl/N-ethyl adjacent to an activating group) is 1. The molecule has 0 saturated carbocycles. The third-order valence-electron chi connectivity index (χ3n) is 8.63. The van der Waals surface area contributed by atoms with Gasteiger partial charge in [-0.25, -0.2) is 5.06 Å². The van der Waals surface area contributed by atoms with Crippen LogP contribution >= 0.6 is 0 Å². The summed E-state index contributed by atoms with van der Waals surface area (Å²) in [5, 5.41) is 2.85. The summed E-state index contributed by atoms with van der Waals surface area (Å²) in [6.45, 7) is 8.52. The number of aryl methyl sites for hydroxylation is 2. The quantitative estimate of drug-likeness (QED) is 0.0851. The molecule has 1 heterocycles. The zero-order valence-corrected chi connectivity index (χ0v) is 29.9. The molecule has 0 aliphatic heterocycles. The van der Waals surface area contributed by atoms with Crippen molar-refractivity contribution in [2.24, 2.45) is 11.1 Å². The van der Waals surface area contributed by atoms with E-state index in [1.165, 1.54) is 0 Å². The van der Waals surface area contributed by atoms with Crippen LogP contribution in [0.15, 0.2) is 108 Å². The Labute approximate surface area is 293 Å². The Hall–Kier alpha value is -4.25. The van der Waals surface area contributed by atoms with Crippen LogP contribution in [0.5, 0.6) is 5.75 Å². The highest BCUT2D eigenvalue weighted by Crippen LogP contribution is 2.32. The van der Waals surface area contributed by atoms with Crippen LogP contribution in [0, 0.1) is 5.41 Å². The van der Waals surface area contributed by atoms with Gasteiger partial charge in [0.1, 0.15) is 12.4 Å². The Morgan fingerprint density at radius 3 is 2.31 bits per heavy atom. The predicted molar refractivity (Wildman–Crippen MR) is 198 cm³/mol. The molecule has 5 aromatic rings. The van der Waals surface area contributed by atoms with Gasteiger partial charge < -0.3 is 19.6 Å². The number of anilines is 1. The Morgan fingerprint density at radius 1 is 0.857 bits per heavy atom. The molecule has 1 aromatic heterocycles. The molecule has 0 aliphatic carbocycles. The zero-order valence-electron chi connectivity index (χ0n) is 28.9. The first-order chi connectivity index (χ1) is 23.6. The van der Waals surface area contributed by atoms with Crippen molar-refractivity contribution in [3.05, 3.63) is 141 Å². The third-order valence-corrected chi connectivity index (χ3v) is 8.92. The van der Waals surface area contributed by atoms with Gasteiger partial charge in [-0.3, -0.25) is 15.1 Å². The highest BCUT2D eigenvalue weighted by atomic mass is 28.2. The molecule has 3 N–H and O–H groups in total. The number of fused-ring (bicyclic) bond motifs is 1. The molecule has 0 spiro atoms. The number of nitrogens with one attached hydrogen (secondary N) is 1. The second-order valence-corrected chi connectivity index (χ2v) is 13.9. The first kappa shape index (κ1) is 36.0. The fraction of sp³-hybridized carbons (Fsp3) is 0.325. The van der Waals surface area contributed by atoms with Crippen molar-refractivity contribution in [1.29, 1.82) is 0 Å². The Balaban J connectivity index is 1.38. The van der Waals surface area contributed by atoms with E-state index in [2.05, 4.69) is 54.9 Å². The van der Waals surface area contributed by atoms with E-state index in [9.17, 15) is 4.79 Å². The lowest BCUT2D eigenvalue weighted by Crippen LogP contribution is -2.36. The maximum atomic E-state index is 13.5. The molecule has 3 radical (unpaired) electrons. The minimum absolute atomic E-state index is 0.0635. The fourth-order valence-corrected chi connectivity index (χ4v) is 6.24. The number of hydrogen-bond donors (Lipinski definition) is 2. The van der Waals surface area contributed by atoms with Crippen LogP contribution < -0.4 is 21.5 Å². The van der Waals surface area contributed by atoms with Crippen molar-refractivity contribution in [3.8, 4) is 5.75 Å². The smallest absolute Gasteiger partial charge is 0.281 e. The van der Waals surface area contributed by atoms with Crippen LogP contribution in [-0.2, 0) is 48.5 Å². The van der Waals surface area contributed by atoms with E-state index in [0.717, 1.165) is 57.2 Å².